The third kappa shape index (κ3) is 4.50. The van der Waals surface area contributed by atoms with Gasteiger partial charge in [0.15, 0.2) is 0 Å². The number of sulfonamides is 1. The zero-order chi connectivity index (χ0) is 22.7. The molecule has 1 N–H and O–H groups in total. The third-order valence-corrected chi connectivity index (χ3v) is 7.22. The summed E-state index contributed by atoms with van der Waals surface area (Å²) in [4.78, 5) is 13.1. The van der Waals surface area contributed by atoms with Crippen LogP contribution in [0.5, 0.6) is 0 Å². The van der Waals surface area contributed by atoms with E-state index in [9.17, 15) is 13.2 Å². The van der Waals surface area contributed by atoms with Crippen LogP contribution in [0.4, 0.5) is 11.4 Å². The number of nitrogens with zero attached hydrogens (tertiary/aromatic N) is 1. The second-order valence-electron chi connectivity index (χ2n) is 7.70. The number of amides is 1. The third-order valence-electron chi connectivity index (χ3n) is 5.43. The molecule has 1 amide bonds. The molecule has 0 saturated heterocycles. The molecule has 162 valence electrons. The van der Waals surface area contributed by atoms with E-state index < -0.39 is 15.9 Å². The van der Waals surface area contributed by atoms with Gasteiger partial charge in [0.2, 0.25) is 5.91 Å². The van der Waals surface area contributed by atoms with Gasteiger partial charge in [-0.15, -0.1) is 0 Å². The van der Waals surface area contributed by atoms with E-state index in [0.717, 1.165) is 26.2 Å². The van der Waals surface area contributed by atoms with E-state index in [1.807, 2.05) is 62.4 Å². The predicted molar refractivity (Wildman–Crippen MR) is 129 cm³/mol. The van der Waals surface area contributed by atoms with Gasteiger partial charge in [-0.25, -0.2) is 8.42 Å². The standard InChI is InChI=1S/C26H24N2O3S/c1-19-12-15-24(16-20(19)2)28(32(30,31)25-10-4-3-5-11-25)18-26(29)27-23-14-13-21-8-6-7-9-22(21)17-23/h3-17H,18H2,1-2H3,(H,27,29). The first-order chi connectivity index (χ1) is 15.3. The molecule has 5 nitrogen and oxygen atoms in total. The summed E-state index contributed by atoms with van der Waals surface area (Å²) in [7, 11) is -3.93. The van der Waals surface area contributed by atoms with E-state index in [1.165, 1.54) is 12.1 Å². The quantitative estimate of drug-likeness (QED) is 0.439. The molecule has 0 aromatic heterocycles. The van der Waals surface area contributed by atoms with E-state index in [-0.39, 0.29) is 11.4 Å². The molecule has 0 spiro atoms. The molecule has 0 saturated carbocycles. The lowest BCUT2D eigenvalue weighted by Crippen LogP contribution is -2.38. The van der Waals surface area contributed by atoms with Crippen LogP contribution >= 0.6 is 0 Å². The SMILES string of the molecule is Cc1ccc(N(CC(=O)Nc2ccc3ccccc3c2)S(=O)(=O)c2ccccc2)cc1C. The minimum atomic E-state index is -3.93. The minimum absolute atomic E-state index is 0.136. The summed E-state index contributed by atoms with van der Waals surface area (Å²) in [5.41, 5.74) is 3.06. The molecule has 4 aromatic carbocycles. The molecule has 4 rings (SSSR count). The number of rotatable bonds is 6. The fraction of sp³-hybridized carbons (Fsp3) is 0.115. The van der Waals surface area contributed by atoms with E-state index in [2.05, 4.69) is 5.32 Å². The summed E-state index contributed by atoms with van der Waals surface area (Å²) in [5.74, 6) is -0.419. The van der Waals surface area contributed by atoms with E-state index >= 15 is 0 Å². The zero-order valence-corrected chi connectivity index (χ0v) is 18.8. The Morgan fingerprint density at radius 2 is 1.47 bits per heavy atom. The average molecular weight is 445 g/mol. The molecule has 32 heavy (non-hydrogen) atoms. The van der Waals surface area contributed by atoms with Crippen LogP contribution in [-0.4, -0.2) is 20.9 Å². The van der Waals surface area contributed by atoms with Crippen molar-refractivity contribution in [2.24, 2.45) is 0 Å². The zero-order valence-electron chi connectivity index (χ0n) is 17.9. The van der Waals surface area contributed by atoms with Gasteiger partial charge in [-0.2, -0.15) is 0 Å². The van der Waals surface area contributed by atoms with Crippen molar-refractivity contribution in [3.05, 3.63) is 102 Å². The molecular weight excluding hydrogens is 420 g/mol. The first kappa shape index (κ1) is 21.6. The first-order valence-electron chi connectivity index (χ1n) is 10.3. The number of fused-ring (bicyclic) bond motifs is 1. The topological polar surface area (TPSA) is 66.5 Å². The molecule has 0 bridgehead atoms. The van der Waals surface area contributed by atoms with Gasteiger partial charge in [-0.05, 0) is 72.1 Å². The van der Waals surface area contributed by atoms with Crippen LogP contribution in [0.25, 0.3) is 10.8 Å². The highest BCUT2D eigenvalue weighted by Gasteiger charge is 2.27. The van der Waals surface area contributed by atoms with Crippen molar-refractivity contribution in [1.29, 1.82) is 0 Å². The molecule has 0 aliphatic carbocycles. The second-order valence-corrected chi connectivity index (χ2v) is 9.57. The van der Waals surface area contributed by atoms with Crippen LogP contribution < -0.4 is 9.62 Å². The van der Waals surface area contributed by atoms with Crippen molar-refractivity contribution in [2.75, 3.05) is 16.2 Å². The monoisotopic (exact) mass is 444 g/mol. The molecule has 0 heterocycles. The van der Waals surface area contributed by atoms with Gasteiger partial charge in [0.25, 0.3) is 10.0 Å². The van der Waals surface area contributed by atoms with E-state index in [0.29, 0.717) is 11.4 Å². The highest BCUT2D eigenvalue weighted by atomic mass is 32.2. The molecule has 0 aliphatic heterocycles. The summed E-state index contributed by atoms with van der Waals surface area (Å²) >= 11 is 0. The van der Waals surface area contributed by atoms with Crippen LogP contribution in [0, 0.1) is 13.8 Å². The lowest BCUT2D eigenvalue weighted by atomic mass is 10.1. The Bertz CT molecular complexity index is 1380. The summed E-state index contributed by atoms with van der Waals surface area (Å²) in [6.07, 6.45) is 0. The number of carbonyl (C=O) groups is 1. The van der Waals surface area contributed by atoms with E-state index in [1.54, 1.807) is 30.3 Å². The molecule has 0 atom stereocenters. The van der Waals surface area contributed by atoms with Crippen molar-refractivity contribution in [3.63, 3.8) is 0 Å². The summed E-state index contributed by atoms with van der Waals surface area (Å²) in [5, 5.41) is 4.90. The number of hydrogen-bond acceptors (Lipinski definition) is 3. The Labute approximate surface area is 188 Å². The molecule has 4 aromatic rings. The maximum Gasteiger partial charge on any atom is 0.264 e. The second kappa shape index (κ2) is 8.85. The lowest BCUT2D eigenvalue weighted by molar-refractivity contribution is -0.114. The highest BCUT2D eigenvalue weighted by molar-refractivity contribution is 7.92. The molecular formula is C26H24N2O3S. The number of aryl methyl sites for hydroxylation is 2. The molecule has 0 radical (unpaired) electrons. The highest BCUT2D eigenvalue weighted by Crippen LogP contribution is 2.26. The van der Waals surface area contributed by atoms with Crippen molar-refractivity contribution >= 4 is 38.1 Å². The van der Waals surface area contributed by atoms with Gasteiger partial charge >= 0.3 is 0 Å². The predicted octanol–water partition coefficient (Wildman–Crippen LogP) is 5.29. The Hall–Kier alpha value is -3.64. The smallest absolute Gasteiger partial charge is 0.264 e. The number of nitrogens with one attached hydrogen (secondary N) is 1. The van der Waals surface area contributed by atoms with Crippen LogP contribution in [0.3, 0.4) is 0 Å². The van der Waals surface area contributed by atoms with Crippen molar-refractivity contribution in [1.82, 2.24) is 0 Å². The van der Waals surface area contributed by atoms with Gasteiger partial charge in [0.1, 0.15) is 6.54 Å². The average Bonchev–Trinajstić information content (AvgIpc) is 2.80. The maximum atomic E-state index is 13.4. The van der Waals surface area contributed by atoms with Gasteiger partial charge in [-0.1, -0.05) is 54.6 Å². The molecule has 6 heteroatoms. The van der Waals surface area contributed by atoms with Crippen LogP contribution in [0.1, 0.15) is 11.1 Å². The van der Waals surface area contributed by atoms with Gasteiger partial charge in [0, 0.05) is 5.69 Å². The van der Waals surface area contributed by atoms with E-state index in [4.69, 9.17) is 0 Å². The van der Waals surface area contributed by atoms with Gasteiger partial charge < -0.3 is 5.32 Å². The fourth-order valence-corrected chi connectivity index (χ4v) is 4.95. The molecule has 0 fully saturated rings. The largest absolute Gasteiger partial charge is 0.324 e. The number of hydrogen-bond donors (Lipinski definition) is 1. The number of benzene rings is 4. The fourth-order valence-electron chi connectivity index (χ4n) is 3.51. The summed E-state index contributed by atoms with van der Waals surface area (Å²) < 4.78 is 28.0. The van der Waals surface area contributed by atoms with Gasteiger partial charge in [0.05, 0.1) is 10.6 Å². The van der Waals surface area contributed by atoms with Crippen LogP contribution in [0.15, 0.2) is 95.9 Å². The van der Waals surface area contributed by atoms with Crippen molar-refractivity contribution in [2.45, 2.75) is 18.7 Å². The minimum Gasteiger partial charge on any atom is -0.324 e. The van der Waals surface area contributed by atoms with Crippen molar-refractivity contribution in [3.8, 4) is 0 Å². The molecule has 0 aliphatic rings. The van der Waals surface area contributed by atoms with Crippen LogP contribution in [0.2, 0.25) is 0 Å². The Kier molecular flexibility index (Phi) is 5.97. The van der Waals surface area contributed by atoms with Crippen LogP contribution in [-0.2, 0) is 14.8 Å². The first-order valence-corrected chi connectivity index (χ1v) is 11.7. The van der Waals surface area contributed by atoms with Crippen molar-refractivity contribution < 1.29 is 13.2 Å². The molecule has 0 unspecified atom stereocenters. The number of carbonyl (C=O) groups excluding carboxylic acids is 1. The Balaban J connectivity index is 1.66. The Morgan fingerprint density at radius 1 is 0.781 bits per heavy atom. The number of anilines is 2. The Morgan fingerprint density at radius 3 is 2.19 bits per heavy atom. The summed E-state index contributed by atoms with van der Waals surface area (Å²) in [6.45, 7) is 3.54. The van der Waals surface area contributed by atoms with Gasteiger partial charge in [-0.3, -0.25) is 9.10 Å². The summed E-state index contributed by atoms with van der Waals surface area (Å²) in [6, 6.07) is 27.0. The maximum absolute atomic E-state index is 13.4. The normalized spacial score (nSPS) is 11.3. The lowest BCUT2D eigenvalue weighted by Gasteiger charge is -2.25.